The molecule has 0 radical (unpaired) electrons. The van der Waals surface area contributed by atoms with E-state index >= 15 is 28.8 Å². The standard InChI is InChI=1S/C105H97Cl2N5O28/c106-57-78-81(107)88(135-95(116)73-50-28-9-29-51-73)82(111-104(122)128-62-68-40-18-4-19-41-68)98(130-78)138-85-77(110-103(121)127-61-67-38-16-3-17-39-67)56-76(109-102(120)126-60-66-36-14-2-15-37-66)84(133-93(114)71-46-24-7-25-47-71)90(85)140-100-91(137-97(118)75-54-32-11-33-55-75)87(80(132-100)64-124-92(113)70-44-22-6-23-45-70)139-99-83(112-105(123)129-63-69-42-20-5-21-43-69)89(136-96(117)74-52-30-10-31-53-74)86(134-94(115)72-48-26-8-27-49-72)79(131-99)58-108-101(119)125-59-65-34-12-1-13-35-65/h1-55,76-91,98-100H,56-64H2,(H,108,119)(H,109,120)(H,110,121)(H,111,122)(H,112,123)/t76-,77+,78-,79+,80-,81-,82-,83-,84+,85-,86-,87-,88+,89-,90-,91-,98-,99-,100+/m1/s1. The molecule has 19 atom stereocenters. The third-order valence-corrected chi connectivity index (χ3v) is 23.7. The van der Waals surface area contributed by atoms with Crippen LogP contribution in [0.2, 0.25) is 0 Å². The summed E-state index contributed by atoms with van der Waals surface area (Å²) in [5.41, 5.74) is 2.29. The molecule has 15 rings (SSSR count). The number of nitrogens with one attached hydrogen (secondary N) is 5. The average molecular weight is 1950 g/mol. The molecule has 4 aliphatic rings. The Morgan fingerprint density at radius 2 is 0.543 bits per heavy atom. The van der Waals surface area contributed by atoms with Gasteiger partial charge in [0.2, 0.25) is 0 Å². The zero-order chi connectivity index (χ0) is 97.5. The molecule has 3 aliphatic heterocycles. The summed E-state index contributed by atoms with van der Waals surface area (Å²) in [5, 5.41) is 12.4. The number of alkyl halides is 2. The maximum atomic E-state index is 15.8. The predicted octanol–water partition coefficient (Wildman–Crippen LogP) is 14.7. The van der Waals surface area contributed by atoms with E-state index < -0.39 is 214 Å². The van der Waals surface area contributed by atoms with Crippen LogP contribution in [0, 0.1) is 0 Å². The van der Waals surface area contributed by atoms with E-state index in [0.29, 0.717) is 27.8 Å². The van der Waals surface area contributed by atoms with Gasteiger partial charge in [0.25, 0.3) is 0 Å². The Kier molecular flexibility index (Phi) is 35.4. The minimum absolute atomic E-state index is 0.00314. The fraction of sp³-hybridized carbons (Fsp3) is 0.267. The van der Waals surface area contributed by atoms with Crippen LogP contribution in [-0.4, -0.2) is 201 Å². The third kappa shape index (κ3) is 27.5. The number of benzene rings is 11. The first-order chi connectivity index (χ1) is 68.3. The van der Waals surface area contributed by atoms with E-state index in [9.17, 15) is 24.0 Å². The lowest BCUT2D eigenvalue weighted by molar-refractivity contribution is -0.296. The summed E-state index contributed by atoms with van der Waals surface area (Å²) < 4.78 is 112. The van der Waals surface area contributed by atoms with Gasteiger partial charge in [0.1, 0.15) is 93.7 Å². The van der Waals surface area contributed by atoms with Gasteiger partial charge in [-0.2, -0.15) is 0 Å². The highest BCUT2D eigenvalue weighted by atomic mass is 35.5. The second-order valence-corrected chi connectivity index (χ2v) is 33.3. The Labute approximate surface area is 813 Å². The molecule has 724 valence electrons. The van der Waals surface area contributed by atoms with Crippen molar-refractivity contribution in [3.05, 3.63) is 395 Å². The van der Waals surface area contributed by atoms with E-state index in [1.54, 1.807) is 224 Å². The fourth-order valence-corrected chi connectivity index (χ4v) is 16.6. The minimum Gasteiger partial charge on any atom is -0.459 e. The molecule has 11 aromatic rings. The maximum absolute atomic E-state index is 15.8. The molecule has 4 fully saturated rings. The first-order valence-electron chi connectivity index (χ1n) is 44.8. The molecule has 1 saturated carbocycles. The number of carbonyl (C=O) groups excluding carboxylic acids is 11. The van der Waals surface area contributed by atoms with Crippen LogP contribution in [0.4, 0.5) is 24.0 Å². The fourth-order valence-electron chi connectivity index (χ4n) is 15.9. The van der Waals surface area contributed by atoms with Crippen LogP contribution in [0.15, 0.2) is 334 Å². The van der Waals surface area contributed by atoms with Crippen LogP contribution < -0.4 is 26.6 Å². The van der Waals surface area contributed by atoms with Gasteiger partial charge in [0.05, 0.1) is 64.0 Å². The van der Waals surface area contributed by atoms with Crippen molar-refractivity contribution >= 4 is 89.5 Å². The van der Waals surface area contributed by atoms with Gasteiger partial charge in [-0.3, -0.25) is 0 Å². The molecule has 0 bridgehead atoms. The summed E-state index contributed by atoms with van der Waals surface area (Å²) in [4.78, 5) is 166. The molecule has 0 unspecified atom stereocenters. The van der Waals surface area contributed by atoms with E-state index in [4.69, 9.17) is 104 Å². The van der Waals surface area contributed by atoms with Gasteiger partial charge in [0.15, 0.2) is 43.3 Å². The number of ether oxygens (including phenoxy) is 17. The maximum Gasteiger partial charge on any atom is 0.407 e. The molecular weight excluding hydrogens is 1850 g/mol. The molecule has 5 amide bonds. The zero-order valence-electron chi connectivity index (χ0n) is 74.8. The molecule has 5 N–H and O–H groups in total. The van der Waals surface area contributed by atoms with Gasteiger partial charge >= 0.3 is 66.3 Å². The van der Waals surface area contributed by atoms with E-state index in [1.165, 1.54) is 109 Å². The Hall–Kier alpha value is -15.1. The van der Waals surface area contributed by atoms with Gasteiger partial charge in [-0.1, -0.05) is 261 Å². The molecule has 3 saturated heterocycles. The second kappa shape index (κ2) is 49.8. The molecule has 0 aromatic heterocycles. The molecule has 35 heteroatoms. The first kappa shape index (κ1) is 99.4. The number of hydrogen-bond donors (Lipinski definition) is 5. The molecule has 11 aromatic carbocycles. The Bertz CT molecular complexity index is 5910. The molecule has 0 spiro atoms. The number of halogens is 2. The summed E-state index contributed by atoms with van der Waals surface area (Å²) in [7, 11) is 0. The highest BCUT2D eigenvalue weighted by Gasteiger charge is 2.61. The van der Waals surface area contributed by atoms with Crippen molar-refractivity contribution in [2.24, 2.45) is 0 Å². The Morgan fingerprint density at radius 1 is 0.264 bits per heavy atom. The van der Waals surface area contributed by atoms with Crippen LogP contribution in [0.1, 0.15) is 96.4 Å². The summed E-state index contributed by atoms with van der Waals surface area (Å²) in [6, 6.07) is 80.9. The van der Waals surface area contributed by atoms with E-state index in [1.807, 2.05) is 0 Å². The van der Waals surface area contributed by atoms with Gasteiger partial charge in [-0.15, -0.1) is 23.2 Å². The molecule has 140 heavy (non-hydrogen) atoms. The number of esters is 6. The van der Waals surface area contributed by atoms with Crippen molar-refractivity contribution < 1.29 is 133 Å². The van der Waals surface area contributed by atoms with Crippen molar-refractivity contribution in [1.82, 2.24) is 26.6 Å². The average Bonchev–Trinajstić information content (AvgIpc) is 1.73. The number of alkyl carbamates (subject to hydrolysis) is 5. The van der Waals surface area contributed by atoms with Gasteiger partial charge < -0.3 is 107 Å². The summed E-state index contributed by atoms with van der Waals surface area (Å²) >= 11 is 14.3. The van der Waals surface area contributed by atoms with Gasteiger partial charge in [-0.05, 0) is 107 Å². The summed E-state index contributed by atoms with van der Waals surface area (Å²) in [6.45, 7) is -3.37. The van der Waals surface area contributed by atoms with Gasteiger partial charge in [0, 0.05) is 0 Å². The topological polar surface area (TPSA) is 405 Å². The monoisotopic (exact) mass is 1950 g/mol. The summed E-state index contributed by atoms with van der Waals surface area (Å²) in [5.74, 6) is -6.86. The van der Waals surface area contributed by atoms with Crippen molar-refractivity contribution in [2.75, 3.05) is 19.0 Å². The van der Waals surface area contributed by atoms with Crippen LogP contribution >= 0.6 is 23.2 Å². The molecule has 33 nitrogen and oxygen atoms in total. The van der Waals surface area contributed by atoms with Crippen LogP contribution in [-0.2, 0) is 114 Å². The van der Waals surface area contributed by atoms with Crippen LogP contribution in [0.5, 0.6) is 0 Å². The largest absolute Gasteiger partial charge is 0.459 e. The summed E-state index contributed by atoms with van der Waals surface area (Å²) in [6.07, 6.45) is -34.6. The number of amides is 5. The minimum atomic E-state index is -2.33. The normalized spacial score (nSPS) is 23.4. The number of carbonyl (C=O) groups is 11. The number of hydrogen-bond acceptors (Lipinski definition) is 28. The highest BCUT2D eigenvalue weighted by molar-refractivity contribution is 6.23. The lowest BCUT2D eigenvalue weighted by Gasteiger charge is -2.50. The smallest absolute Gasteiger partial charge is 0.407 e. The third-order valence-electron chi connectivity index (χ3n) is 22.9. The molecule has 1 aliphatic carbocycles. The van der Waals surface area contributed by atoms with Gasteiger partial charge in [-0.25, -0.2) is 52.7 Å². The number of rotatable bonds is 36. The van der Waals surface area contributed by atoms with Crippen LogP contribution in [0.25, 0.3) is 0 Å². The van der Waals surface area contributed by atoms with Crippen LogP contribution in [0.3, 0.4) is 0 Å². The van der Waals surface area contributed by atoms with Crippen molar-refractivity contribution in [2.45, 2.75) is 155 Å². The van der Waals surface area contributed by atoms with E-state index in [-0.39, 0.29) is 59.8 Å². The highest BCUT2D eigenvalue weighted by Crippen LogP contribution is 2.41. The Morgan fingerprint density at radius 3 is 0.914 bits per heavy atom. The first-order valence-corrected chi connectivity index (χ1v) is 45.8. The lowest BCUT2D eigenvalue weighted by atomic mass is 9.83. The molecular formula is C105H97Cl2N5O28. The van der Waals surface area contributed by atoms with E-state index in [2.05, 4.69) is 26.6 Å². The molecule has 3 heterocycles. The van der Waals surface area contributed by atoms with Crippen molar-refractivity contribution in [3.63, 3.8) is 0 Å². The van der Waals surface area contributed by atoms with E-state index in [0.717, 1.165) is 0 Å². The SMILES string of the molecule is O=C(NC[C@@H]1O[C@H](O[C@H]2[C@@H](OC(=O)c3ccccc3)[C@H](O[C@@H]3[C@@H](OC(=O)c4ccccc4)[C@H](NC(=O)OCc4ccccc4)C[C@H](NC(=O)OCc4ccccc4)[C@H]3O[C@H]3O[C@H](CCl)[C@@H](Cl)[C@H](OC(=O)c4ccccc4)[C@H]3NC(=O)OCc3ccccc3)O[C@@H]2COC(=O)c2ccccc2)[C@H](NC(=O)OCc2ccccc2)[C@@H](OC(=O)c2ccccc2)[C@@H]1OC(=O)c1ccccc1)OCc1ccccc1. The second-order valence-electron chi connectivity index (χ2n) is 32.4. The quantitative estimate of drug-likeness (QED) is 0.0138. The van der Waals surface area contributed by atoms with Crippen molar-refractivity contribution in [1.29, 1.82) is 0 Å². The zero-order valence-corrected chi connectivity index (χ0v) is 76.3. The lowest BCUT2D eigenvalue weighted by Crippen LogP contribution is -2.70. The predicted molar refractivity (Wildman–Crippen MR) is 499 cm³/mol. The Balaban J connectivity index is 0.915. The van der Waals surface area contributed by atoms with Crippen molar-refractivity contribution in [3.8, 4) is 0 Å².